The van der Waals surface area contributed by atoms with Crippen molar-refractivity contribution < 1.29 is 47.8 Å². The third kappa shape index (κ3) is 39.9. The van der Waals surface area contributed by atoms with Crippen molar-refractivity contribution in [3.05, 3.63) is 60.8 Å². The van der Waals surface area contributed by atoms with Crippen LogP contribution in [0, 0.1) is 0 Å². The van der Waals surface area contributed by atoms with Crippen molar-refractivity contribution in [3.8, 4) is 0 Å². The molecule has 0 aliphatic heterocycles. The summed E-state index contributed by atoms with van der Waals surface area (Å²) in [5.41, 5.74) is 0. The van der Waals surface area contributed by atoms with E-state index < -0.39 is 51.8 Å². The zero-order chi connectivity index (χ0) is 41.2. The maximum absolute atomic E-state index is 12.6. The van der Waals surface area contributed by atoms with E-state index in [4.69, 9.17) is 19.1 Å². The van der Waals surface area contributed by atoms with E-state index in [9.17, 15) is 24.2 Å². The number of rotatable bonds is 40. The van der Waals surface area contributed by atoms with Crippen molar-refractivity contribution >= 4 is 19.8 Å². The van der Waals surface area contributed by atoms with E-state index in [0.29, 0.717) is 19.3 Å². The summed E-state index contributed by atoms with van der Waals surface area (Å²) in [7, 11) is -4.63. The van der Waals surface area contributed by atoms with Crippen LogP contribution in [0.2, 0.25) is 0 Å². The molecule has 0 spiro atoms. The van der Waals surface area contributed by atoms with Crippen LogP contribution in [-0.4, -0.2) is 65.7 Å². The first-order chi connectivity index (χ1) is 27.2. The van der Waals surface area contributed by atoms with Gasteiger partial charge in [0.15, 0.2) is 6.10 Å². The third-order valence-corrected chi connectivity index (χ3v) is 9.89. The van der Waals surface area contributed by atoms with Crippen LogP contribution in [-0.2, 0) is 32.7 Å². The van der Waals surface area contributed by atoms with Gasteiger partial charge in [-0.15, -0.1) is 0 Å². The third-order valence-electron chi connectivity index (χ3n) is 8.94. The summed E-state index contributed by atoms with van der Waals surface area (Å²) in [6.07, 6.45) is 44.8. The highest BCUT2D eigenvalue weighted by atomic mass is 31.2. The molecular formula is C45H79O10P. The number of carbonyl (C=O) groups is 2. The van der Waals surface area contributed by atoms with Crippen LogP contribution < -0.4 is 0 Å². The fourth-order valence-electron chi connectivity index (χ4n) is 5.62. The number of carbonyl (C=O) groups excluding carboxylic acids is 2. The van der Waals surface area contributed by atoms with Gasteiger partial charge < -0.3 is 24.6 Å². The molecule has 1 unspecified atom stereocenters. The maximum atomic E-state index is 12.6. The molecule has 0 fully saturated rings. The number of aliphatic hydroxyl groups excluding tert-OH is 2. The van der Waals surface area contributed by atoms with Crippen LogP contribution in [0.1, 0.15) is 174 Å². The normalized spacial score (nSPS) is 14.4. The average molecular weight is 811 g/mol. The summed E-state index contributed by atoms with van der Waals surface area (Å²) in [5, 5.41) is 18.3. The number of phosphoric ester groups is 1. The van der Waals surface area contributed by atoms with Crippen molar-refractivity contribution in [1.29, 1.82) is 0 Å². The molecule has 56 heavy (non-hydrogen) atoms. The fraction of sp³-hybridized carbons (Fsp3) is 0.733. The van der Waals surface area contributed by atoms with E-state index in [1.165, 1.54) is 77.0 Å². The lowest BCUT2D eigenvalue weighted by Gasteiger charge is -2.20. The first-order valence-corrected chi connectivity index (χ1v) is 23.2. The predicted octanol–water partition coefficient (Wildman–Crippen LogP) is 11.5. The lowest BCUT2D eigenvalue weighted by molar-refractivity contribution is -0.161. The molecule has 0 aliphatic carbocycles. The highest BCUT2D eigenvalue weighted by Crippen LogP contribution is 2.43. The van der Waals surface area contributed by atoms with Crippen molar-refractivity contribution in [2.24, 2.45) is 0 Å². The molecule has 3 atom stereocenters. The zero-order valence-corrected chi connectivity index (χ0v) is 36.0. The molecule has 3 N–H and O–H groups in total. The summed E-state index contributed by atoms with van der Waals surface area (Å²) in [6, 6.07) is 0. The Balaban J connectivity index is 4.38. The van der Waals surface area contributed by atoms with E-state index >= 15 is 0 Å². The van der Waals surface area contributed by atoms with E-state index in [-0.39, 0.29) is 19.4 Å². The molecule has 0 rings (SSSR count). The summed E-state index contributed by atoms with van der Waals surface area (Å²) < 4.78 is 32.7. The van der Waals surface area contributed by atoms with Crippen LogP contribution in [0.25, 0.3) is 0 Å². The van der Waals surface area contributed by atoms with Gasteiger partial charge in [-0.25, -0.2) is 4.57 Å². The number of hydrogen-bond donors (Lipinski definition) is 3. The van der Waals surface area contributed by atoms with E-state index in [2.05, 4.69) is 73.1 Å². The first kappa shape index (κ1) is 53.7. The van der Waals surface area contributed by atoms with Gasteiger partial charge in [0, 0.05) is 12.8 Å². The summed E-state index contributed by atoms with van der Waals surface area (Å²) in [6.45, 7) is 2.21. The molecule has 0 saturated heterocycles. The minimum atomic E-state index is -4.63. The van der Waals surface area contributed by atoms with Crippen LogP contribution in [0.4, 0.5) is 0 Å². The largest absolute Gasteiger partial charge is 0.472 e. The smallest absolute Gasteiger partial charge is 0.462 e. The molecule has 10 nitrogen and oxygen atoms in total. The molecule has 0 amide bonds. The Kier molecular flexibility index (Phi) is 39.2. The Labute approximate surface area is 340 Å². The van der Waals surface area contributed by atoms with Crippen molar-refractivity contribution in [3.63, 3.8) is 0 Å². The maximum Gasteiger partial charge on any atom is 0.472 e. The number of esters is 2. The standard InChI is InChI=1S/C45H79O10P/c1-3-5-7-9-11-13-15-17-19-21-23-24-26-28-30-32-34-36-44(48)52-40-43(41-54-56(50,51)53-39-42(47)38-46)55-45(49)37-35-33-31-29-27-25-22-20-18-16-14-12-10-8-6-4-2/h5,7,11,13,17,19,23-24,28,30,42-43,46-47H,3-4,6,8-10,12,14-16,18,20-22,25-27,29,31-41H2,1-2H3,(H,50,51)/b7-5+,13-11+,19-17+,24-23+,30-28+/t42-,43+/m0/s1. The van der Waals surface area contributed by atoms with Gasteiger partial charge in [0.2, 0.25) is 0 Å². The summed E-state index contributed by atoms with van der Waals surface area (Å²) >= 11 is 0. The number of ether oxygens (including phenoxy) is 2. The van der Waals surface area contributed by atoms with Crippen molar-refractivity contribution in [1.82, 2.24) is 0 Å². The van der Waals surface area contributed by atoms with Gasteiger partial charge >= 0.3 is 19.8 Å². The minimum Gasteiger partial charge on any atom is -0.462 e. The highest BCUT2D eigenvalue weighted by Gasteiger charge is 2.27. The van der Waals surface area contributed by atoms with Crippen LogP contribution >= 0.6 is 7.82 Å². The monoisotopic (exact) mass is 811 g/mol. The van der Waals surface area contributed by atoms with E-state index in [0.717, 1.165) is 51.4 Å². The van der Waals surface area contributed by atoms with Gasteiger partial charge in [0.25, 0.3) is 0 Å². The molecular weight excluding hydrogens is 731 g/mol. The first-order valence-electron chi connectivity index (χ1n) is 21.7. The molecule has 0 heterocycles. The molecule has 0 radical (unpaired) electrons. The van der Waals surface area contributed by atoms with Gasteiger partial charge in [0.05, 0.1) is 19.8 Å². The lowest BCUT2D eigenvalue weighted by atomic mass is 10.0. The summed E-state index contributed by atoms with van der Waals surface area (Å²) in [5.74, 6) is -0.992. The minimum absolute atomic E-state index is 0.162. The van der Waals surface area contributed by atoms with E-state index in [1.807, 2.05) is 6.08 Å². The molecule has 0 bridgehead atoms. The van der Waals surface area contributed by atoms with Crippen LogP contribution in [0.5, 0.6) is 0 Å². The predicted molar refractivity (Wildman–Crippen MR) is 228 cm³/mol. The Morgan fingerprint density at radius 3 is 1.46 bits per heavy atom. The average Bonchev–Trinajstić information content (AvgIpc) is 3.19. The quantitative estimate of drug-likeness (QED) is 0.0236. The molecule has 11 heteroatoms. The van der Waals surface area contributed by atoms with E-state index in [1.54, 1.807) is 0 Å². The fourth-order valence-corrected chi connectivity index (χ4v) is 6.41. The Bertz CT molecular complexity index is 1120. The Morgan fingerprint density at radius 2 is 0.982 bits per heavy atom. The number of hydrogen-bond acceptors (Lipinski definition) is 9. The topological polar surface area (TPSA) is 149 Å². The SMILES string of the molecule is CC/C=C/C/C=C/C/C=C/C/C=C/C/C=C/CCCC(=O)OC[C@H](COP(=O)(O)OC[C@@H](O)CO)OC(=O)CCCCCCCCCCCCCCCCCC. The van der Waals surface area contributed by atoms with Crippen molar-refractivity contribution in [2.75, 3.05) is 26.4 Å². The zero-order valence-electron chi connectivity index (χ0n) is 35.1. The highest BCUT2D eigenvalue weighted by molar-refractivity contribution is 7.47. The summed E-state index contributed by atoms with van der Waals surface area (Å²) in [4.78, 5) is 35.0. The Hall–Kier alpha value is -2.33. The Morgan fingerprint density at radius 1 is 0.554 bits per heavy atom. The van der Waals surface area contributed by atoms with Gasteiger partial charge in [-0.1, -0.05) is 171 Å². The second-order valence-corrected chi connectivity index (χ2v) is 15.8. The van der Waals surface area contributed by atoms with Gasteiger partial charge in [-0.05, 0) is 51.4 Å². The van der Waals surface area contributed by atoms with Crippen LogP contribution in [0.3, 0.4) is 0 Å². The molecule has 0 saturated carbocycles. The number of allylic oxidation sites excluding steroid dienone is 10. The molecule has 0 aromatic carbocycles. The second-order valence-electron chi connectivity index (χ2n) is 14.3. The number of phosphoric acid groups is 1. The number of aliphatic hydroxyl groups is 2. The molecule has 0 aliphatic rings. The lowest BCUT2D eigenvalue weighted by Crippen LogP contribution is -2.29. The van der Waals surface area contributed by atoms with Crippen molar-refractivity contribution in [2.45, 2.75) is 187 Å². The van der Waals surface area contributed by atoms with Crippen LogP contribution in [0.15, 0.2) is 60.8 Å². The molecule has 0 aromatic rings. The van der Waals surface area contributed by atoms with Gasteiger partial charge in [-0.3, -0.25) is 18.6 Å². The van der Waals surface area contributed by atoms with Gasteiger partial charge in [0.1, 0.15) is 12.7 Å². The molecule has 324 valence electrons. The van der Waals surface area contributed by atoms with Gasteiger partial charge in [-0.2, -0.15) is 0 Å². The number of unbranched alkanes of at least 4 members (excludes halogenated alkanes) is 16. The second kappa shape index (κ2) is 40.9. The molecule has 0 aromatic heterocycles.